The van der Waals surface area contributed by atoms with Gasteiger partial charge in [0.05, 0.1) is 6.61 Å². The van der Waals surface area contributed by atoms with Crippen molar-refractivity contribution in [2.45, 2.75) is 58.3 Å². The molecule has 0 saturated heterocycles. The topological polar surface area (TPSA) is 35.5 Å². The smallest absolute Gasteiger partial charge is 0.330 e. The van der Waals surface area contributed by atoms with E-state index < -0.39 is 0 Å². The summed E-state index contributed by atoms with van der Waals surface area (Å²) in [6.07, 6.45) is 11.6. The second-order valence-electron chi connectivity index (χ2n) is 4.46. The fourth-order valence-corrected chi connectivity index (χ4v) is 1.70. The summed E-state index contributed by atoms with van der Waals surface area (Å²) in [4.78, 5) is 10.7. The van der Waals surface area contributed by atoms with Gasteiger partial charge in [-0.15, -0.1) is 0 Å². The lowest BCUT2D eigenvalue weighted by molar-refractivity contribution is -0.139. The van der Waals surface area contributed by atoms with Crippen molar-refractivity contribution in [3.8, 4) is 0 Å². The molecule has 0 aliphatic carbocycles. The van der Waals surface area contributed by atoms with Crippen LogP contribution in [0.3, 0.4) is 0 Å². The van der Waals surface area contributed by atoms with Gasteiger partial charge >= 0.3 is 5.97 Å². The van der Waals surface area contributed by atoms with Gasteiger partial charge in [0.2, 0.25) is 0 Å². The van der Waals surface area contributed by atoms with Crippen molar-refractivity contribution in [1.82, 2.24) is 0 Å². The lowest BCUT2D eigenvalue weighted by atomic mass is 10.1. The minimum Gasteiger partial charge on any atom is -0.460 e. The SMILES string of the molecule is C=CC(=O)OCCOCCCCCCCCCC. The van der Waals surface area contributed by atoms with Gasteiger partial charge in [0, 0.05) is 12.7 Å². The Morgan fingerprint density at radius 1 is 0.944 bits per heavy atom. The van der Waals surface area contributed by atoms with Crippen molar-refractivity contribution >= 4 is 5.97 Å². The molecule has 0 rings (SSSR count). The zero-order chi connectivity index (χ0) is 13.5. The number of unbranched alkanes of at least 4 members (excludes halogenated alkanes) is 7. The van der Waals surface area contributed by atoms with Gasteiger partial charge in [-0.2, -0.15) is 0 Å². The first-order chi connectivity index (χ1) is 8.81. The summed E-state index contributed by atoms with van der Waals surface area (Å²) >= 11 is 0. The summed E-state index contributed by atoms with van der Waals surface area (Å²) in [6, 6.07) is 0. The molecule has 0 aromatic heterocycles. The van der Waals surface area contributed by atoms with E-state index in [0.717, 1.165) is 13.0 Å². The Balaban J connectivity index is 2.98. The third-order valence-corrected chi connectivity index (χ3v) is 2.78. The molecule has 0 atom stereocenters. The molecule has 0 N–H and O–H groups in total. The lowest BCUT2D eigenvalue weighted by Crippen LogP contribution is -2.08. The summed E-state index contributed by atoms with van der Waals surface area (Å²) in [7, 11) is 0. The molecule has 106 valence electrons. The Kier molecular flexibility index (Phi) is 13.6. The van der Waals surface area contributed by atoms with Crippen LogP contribution in [0.2, 0.25) is 0 Å². The highest BCUT2D eigenvalue weighted by atomic mass is 16.6. The molecule has 0 unspecified atom stereocenters. The maximum atomic E-state index is 10.7. The van der Waals surface area contributed by atoms with Crippen LogP contribution in [0.1, 0.15) is 58.3 Å². The van der Waals surface area contributed by atoms with Crippen molar-refractivity contribution in [3.05, 3.63) is 12.7 Å². The number of carbonyl (C=O) groups is 1. The summed E-state index contributed by atoms with van der Waals surface area (Å²) in [5.74, 6) is -0.384. The molecule has 3 heteroatoms. The standard InChI is InChI=1S/C15H28O3/c1-3-5-6-7-8-9-10-11-12-17-13-14-18-15(16)4-2/h4H,2-3,5-14H2,1H3. The Hall–Kier alpha value is -0.830. The van der Waals surface area contributed by atoms with Crippen LogP contribution in [-0.4, -0.2) is 25.8 Å². The van der Waals surface area contributed by atoms with E-state index in [1.54, 1.807) is 0 Å². The maximum absolute atomic E-state index is 10.7. The average molecular weight is 256 g/mol. The Labute approximate surface area is 112 Å². The fraction of sp³-hybridized carbons (Fsp3) is 0.800. The first-order valence-electron chi connectivity index (χ1n) is 7.18. The van der Waals surface area contributed by atoms with E-state index in [2.05, 4.69) is 13.5 Å². The predicted molar refractivity (Wildman–Crippen MR) is 74.6 cm³/mol. The minimum atomic E-state index is -0.384. The molecule has 0 saturated carbocycles. The van der Waals surface area contributed by atoms with Crippen molar-refractivity contribution in [2.24, 2.45) is 0 Å². The van der Waals surface area contributed by atoms with Gasteiger partial charge in [0.1, 0.15) is 6.61 Å². The third kappa shape index (κ3) is 13.2. The van der Waals surface area contributed by atoms with E-state index in [4.69, 9.17) is 9.47 Å². The molecule has 0 bridgehead atoms. The summed E-state index contributed by atoms with van der Waals surface area (Å²) < 4.78 is 10.2. The highest BCUT2D eigenvalue weighted by Crippen LogP contribution is 2.08. The van der Waals surface area contributed by atoms with Crippen LogP contribution < -0.4 is 0 Å². The molecule has 0 aliphatic heterocycles. The van der Waals surface area contributed by atoms with Gasteiger partial charge in [-0.25, -0.2) is 4.79 Å². The first kappa shape index (κ1) is 17.2. The van der Waals surface area contributed by atoms with Crippen molar-refractivity contribution < 1.29 is 14.3 Å². The van der Waals surface area contributed by atoms with Crippen LogP contribution in [-0.2, 0) is 14.3 Å². The number of carbonyl (C=O) groups excluding carboxylic acids is 1. The summed E-state index contributed by atoms with van der Waals surface area (Å²) in [5.41, 5.74) is 0. The molecule has 0 radical (unpaired) electrons. The molecule has 0 aromatic carbocycles. The molecular weight excluding hydrogens is 228 g/mol. The van der Waals surface area contributed by atoms with Crippen LogP contribution in [0.25, 0.3) is 0 Å². The van der Waals surface area contributed by atoms with Gasteiger partial charge in [0.15, 0.2) is 0 Å². The molecule has 0 aliphatic rings. The first-order valence-corrected chi connectivity index (χ1v) is 7.18. The van der Waals surface area contributed by atoms with Gasteiger partial charge in [-0.05, 0) is 6.42 Å². The van der Waals surface area contributed by atoms with Crippen LogP contribution in [0.5, 0.6) is 0 Å². The van der Waals surface area contributed by atoms with Crippen LogP contribution >= 0.6 is 0 Å². The highest BCUT2D eigenvalue weighted by Gasteiger charge is 1.95. The monoisotopic (exact) mass is 256 g/mol. The van der Waals surface area contributed by atoms with Crippen LogP contribution in [0.4, 0.5) is 0 Å². The fourth-order valence-electron chi connectivity index (χ4n) is 1.70. The molecule has 0 heterocycles. The molecule has 18 heavy (non-hydrogen) atoms. The number of hydrogen-bond donors (Lipinski definition) is 0. The number of rotatable bonds is 13. The van der Waals surface area contributed by atoms with Crippen molar-refractivity contribution in [3.63, 3.8) is 0 Å². The second kappa shape index (κ2) is 14.2. The molecular formula is C15H28O3. The van der Waals surface area contributed by atoms with Gasteiger partial charge in [-0.3, -0.25) is 0 Å². The zero-order valence-electron chi connectivity index (χ0n) is 11.8. The Morgan fingerprint density at radius 2 is 1.56 bits per heavy atom. The highest BCUT2D eigenvalue weighted by molar-refractivity contribution is 5.81. The molecule has 0 fully saturated rings. The Bertz CT molecular complexity index is 202. The minimum absolute atomic E-state index is 0.321. The number of ether oxygens (including phenoxy) is 2. The third-order valence-electron chi connectivity index (χ3n) is 2.78. The quantitative estimate of drug-likeness (QED) is 0.285. The largest absolute Gasteiger partial charge is 0.460 e. The summed E-state index contributed by atoms with van der Waals surface area (Å²) in [6.45, 7) is 7.13. The van der Waals surface area contributed by atoms with Gasteiger partial charge in [0.25, 0.3) is 0 Å². The van der Waals surface area contributed by atoms with Crippen molar-refractivity contribution in [2.75, 3.05) is 19.8 Å². The number of esters is 1. The van der Waals surface area contributed by atoms with E-state index in [0.29, 0.717) is 13.2 Å². The predicted octanol–water partition coefficient (Wildman–Crippen LogP) is 3.87. The Morgan fingerprint density at radius 3 is 2.17 bits per heavy atom. The maximum Gasteiger partial charge on any atom is 0.330 e. The number of hydrogen-bond acceptors (Lipinski definition) is 3. The molecule has 0 spiro atoms. The van der Waals surface area contributed by atoms with Crippen molar-refractivity contribution in [1.29, 1.82) is 0 Å². The molecule has 3 nitrogen and oxygen atoms in total. The summed E-state index contributed by atoms with van der Waals surface area (Å²) in [5, 5.41) is 0. The normalized spacial score (nSPS) is 10.3. The van der Waals surface area contributed by atoms with E-state index in [-0.39, 0.29) is 5.97 Å². The van der Waals surface area contributed by atoms with Gasteiger partial charge < -0.3 is 9.47 Å². The van der Waals surface area contributed by atoms with E-state index in [1.807, 2.05) is 0 Å². The van der Waals surface area contributed by atoms with Crippen LogP contribution in [0.15, 0.2) is 12.7 Å². The van der Waals surface area contributed by atoms with E-state index in [9.17, 15) is 4.79 Å². The molecule has 0 amide bonds. The molecule has 0 aromatic rings. The van der Waals surface area contributed by atoms with E-state index >= 15 is 0 Å². The average Bonchev–Trinajstić information content (AvgIpc) is 2.39. The van der Waals surface area contributed by atoms with Crippen LogP contribution in [0, 0.1) is 0 Å². The second-order valence-corrected chi connectivity index (χ2v) is 4.46. The lowest BCUT2D eigenvalue weighted by Gasteiger charge is -2.04. The van der Waals surface area contributed by atoms with E-state index in [1.165, 1.54) is 51.0 Å². The zero-order valence-corrected chi connectivity index (χ0v) is 11.8. The van der Waals surface area contributed by atoms with Gasteiger partial charge in [-0.1, -0.05) is 58.4 Å².